The van der Waals surface area contributed by atoms with Crippen LogP contribution in [0.25, 0.3) is 164 Å². The summed E-state index contributed by atoms with van der Waals surface area (Å²) in [5.41, 5.74) is 30.2. The van der Waals surface area contributed by atoms with Crippen molar-refractivity contribution in [2.75, 3.05) is 7.05 Å². The van der Waals surface area contributed by atoms with Crippen LogP contribution in [0, 0.1) is 0 Å². The van der Waals surface area contributed by atoms with Gasteiger partial charge in [0, 0.05) is 85.1 Å². The fraction of sp³-hybridized carbons (Fsp3) is 0.0323. The van der Waals surface area contributed by atoms with E-state index < -0.39 is 10.8 Å². The van der Waals surface area contributed by atoms with E-state index in [-0.39, 0.29) is 6.17 Å². The first-order chi connectivity index (χ1) is 67.8. The predicted octanol–water partition coefficient (Wildman–Crippen LogP) is 28.7. The topological polar surface area (TPSA) is 150 Å². The smallest absolute Gasteiger partial charge is 0.164 e. The molecule has 18 aromatic carbocycles. The summed E-state index contributed by atoms with van der Waals surface area (Å²) in [4.78, 5) is 55.9. The van der Waals surface area contributed by atoms with Crippen LogP contribution < -0.4 is 9.47 Å². The number of hydrogen-bond acceptors (Lipinski definition) is 13. The lowest BCUT2D eigenvalue weighted by molar-refractivity contribution is 0.364. The summed E-state index contributed by atoms with van der Waals surface area (Å²) in [6.07, 6.45) is 1.91. The Balaban J connectivity index is 0.648. The third-order valence-electron chi connectivity index (χ3n) is 27.5. The number of nitrogens with zero attached hydrogens (tertiary/aromatic N) is 11. The first-order valence-corrected chi connectivity index (χ1v) is 46.1. The molecule has 3 aromatic heterocycles. The minimum absolute atomic E-state index is 0.306. The maximum absolute atomic E-state index is 7.02. The third-order valence-corrected chi connectivity index (χ3v) is 27.5. The highest BCUT2D eigenvalue weighted by Gasteiger charge is 2.54. The molecular weight excluding hydrogens is 1680 g/mol. The van der Waals surface area contributed by atoms with Crippen LogP contribution in [0.3, 0.4) is 0 Å². The quantitative estimate of drug-likeness (QED) is 0.0961. The fourth-order valence-electron chi connectivity index (χ4n) is 21.2. The Morgan fingerprint density at radius 1 is 0.204 bits per heavy atom. The minimum Gasteiger partial charge on any atom is -0.457 e. The molecule has 1 atom stereocenters. The summed E-state index contributed by atoms with van der Waals surface area (Å²) >= 11 is 0. The van der Waals surface area contributed by atoms with Gasteiger partial charge >= 0.3 is 0 Å². The number of fused-ring (bicyclic) bond motifs is 18. The molecule has 0 saturated carbocycles. The van der Waals surface area contributed by atoms with E-state index in [4.69, 9.17) is 59.3 Å². The summed E-state index contributed by atoms with van der Waals surface area (Å²) in [7, 11) is 2.15. The lowest BCUT2D eigenvalue weighted by Gasteiger charge is -2.39. The van der Waals surface area contributed by atoms with Gasteiger partial charge in [0.2, 0.25) is 0 Å². The first-order valence-electron chi connectivity index (χ1n) is 46.1. The standard InChI is InChI=1S/C124H79N11O2/c1-135-105(80-34-11-3-12-35-80)76-104(79-32-9-2-10-33-79)125-122(135)89-66-58-77(59-67-89)92-46-31-51-102-111(92)94-74-90(68-71-96(94)123(102)98-47-23-27-52-106(98)136-107-53-28-24-48-99(107)123)120-133-117(86-44-21-8-22-45-86)130-119(134-120)87-62-56-78(57-63-87)93-70-73-103-112(110(93)81-60-64-88(65-61-81)118-128-113(82-36-13-4-14-37-82)126-114(129-118)83-38-15-5-16-39-83)95-75-91(121-131-115(84-40-17-6-18-41-84)127-116(132-121)85-42-19-7-20-43-85)69-72-97(95)124(103)100-49-25-29-54-108(100)137-109-55-30-26-50-101(109)124/h2-76,122H,1H3. The molecular formula is C124H79N11O2. The van der Waals surface area contributed by atoms with E-state index >= 15 is 0 Å². The summed E-state index contributed by atoms with van der Waals surface area (Å²) in [5.74, 6) is 8.12. The van der Waals surface area contributed by atoms with Crippen LogP contribution in [0.1, 0.15) is 67.4 Å². The van der Waals surface area contributed by atoms with E-state index in [1.807, 2.05) is 115 Å². The van der Waals surface area contributed by atoms with Crippen LogP contribution in [0.15, 0.2) is 460 Å². The molecule has 137 heavy (non-hydrogen) atoms. The molecule has 0 saturated heterocycles. The molecule has 2 aliphatic carbocycles. The van der Waals surface area contributed by atoms with Crippen LogP contribution in [0.4, 0.5) is 0 Å². The molecule has 0 fully saturated rings. The van der Waals surface area contributed by atoms with E-state index in [9.17, 15) is 0 Å². The van der Waals surface area contributed by atoms with Gasteiger partial charge in [0.05, 0.1) is 16.5 Å². The second-order valence-electron chi connectivity index (χ2n) is 35.1. The van der Waals surface area contributed by atoms with Crippen LogP contribution in [-0.2, 0) is 10.8 Å². The zero-order chi connectivity index (χ0) is 90.7. The zero-order valence-corrected chi connectivity index (χ0v) is 74.1. The van der Waals surface area contributed by atoms with Gasteiger partial charge < -0.3 is 14.4 Å². The predicted molar refractivity (Wildman–Crippen MR) is 544 cm³/mol. The molecule has 0 N–H and O–H groups in total. The molecule has 21 aromatic rings. The zero-order valence-electron chi connectivity index (χ0n) is 74.1. The highest BCUT2D eigenvalue weighted by Crippen LogP contribution is 2.67. The SMILES string of the molecule is CN1C(c2ccccc2)=CC(c2ccccc2)=NC1c1ccc(-c2cccc3c2-c2cc(-c4nc(-c5ccccc5)nc(-c5ccc(-c6ccc7c(c6-c6ccc(-c8nc(-c9ccccc9)nc(-c9ccccc9)n8)cc6)-c6cc(-c8nc(-c9ccccc9)nc(-c9ccccc9)n8)ccc6C76c7ccccc7Oc7ccccc76)cc5)n4)ccc2C32c3ccccc3Oc3ccccc32)cc1. The largest absolute Gasteiger partial charge is 0.457 e. The molecule has 13 nitrogen and oxygen atoms in total. The molecule has 2 spiro atoms. The van der Waals surface area contributed by atoms with Crippen LogP contribution >= 0.6 is 0 Å². The van der Waals surface area contributed by atoms with Crippen molar-refractivity contribution in [2.45, 2.75) is 17.0 Å². The Bertz CT molecular complexity index is 8230. The van der Waals surface area contributed by atoms with Gasteiger partial charge in [-0.3, -0.25) is 4.99 Å². The van der Waals surface area contributed by atoms with Crippen molar-refractivity contribution >= 4 is 11.4 Å². The Kier molecular flexibility index (Phi) is 19.0. The van der Waals surface area contributed by atoms with Gasteiger partial charge in [-0.1, -0.05) is 413 Å². The molecule has 6 heterocycles. The van der Waals surface area contributed by atoms with E-state index in [1.54, 1.807) is 0 Å². The minimum atomic E-state index is -0.891. The lowest BCUT2D eigenvalue weighted by Crippen LogP contribution is -2.32. The monoisotopic (exact) mass is 1750 g/mol. The van der Waals surface area contributed by atoms with Gasteiger partial charge in [-0.15, -0.1) is 0 Å². The van der Waals surface area contributed by atoms with Gasteiger partial charge in [0.1, 0.15) is 29.2 Å². The highest BCUT2D eigenvalue weighted by molar-refractivity contribution is 6.13. The molecule has 0 radical (unpaired) electrons. The number of para-hydroxylation sites is 4. The summed E-state index contributed by atoms with van der Waals surface area (Å²) in [6.45, 7) is 0. The number of aromatic nitrogens is 9. The lowest BCUT2D eigenvalue weighted by atomic mass is 9.65. The van der Waals surface area contributed by atoms with Crippen LogP contribution in [-0.4, -0.2) is 62.5 Å². The van der Waals surface area contributed by atoms with Gasteiger partial charge in [0.25, 0.3) is 0 Å². The van der Waals surface area contributed by atoms with Crippen molar-refractivity contribution in [1.82, 2.24) is 49.8 Å². The van der Waals surface area contributed by atoms with E-state index in [1.165, 1.54) is 0 Å². The van der Waals surface area contributed by atoms with Crippen molar-refractivity contribution in [3.05, 3.63) is 516 Å². The Morgan fingerprint density at radius 3 is 0.869 bits per heavy atom. The number of benzene rings is 18. The summed E-state index contributed by atoms with van der Waals surface area (Å²) in [5, 5.41) is 0. The summed E-state index contributed by atoms with van der Waals surface area (Å²) < 4.78 is 13.9. The number of ether oxygens (including phenoxy) is 2. The summed E-state index contributed by atoms with van der Waals surface area (Å²) in [6, 6.07) is 158. The van der Waals surface area contributed by atoms with E-state index in [0.717, 1.165) is 201 Å². The average Bonchev–Trinajstić information content (AvgIpc) is 1.62. The van der Waals surface area contributed by atoms with Crippen LogP contribution in [0.2, 0.25) is 0 Å². The van der Waals surface area contributed by atoms with Crippen molar-refractivity contribution in [3.8, 4) is 181 Å². The fourth-order valence-corrected chi connectivity index (χ4v) is 21.2. The molecule has 26 rings (SSSR count). The van der Waals surface area contributed by atoms with Crippen molar-refractivity contribution < 1.29 is 9.47 Å². The van der Waals surface area contributed by atoms with E-state index in [0.29, 0.717) is 52.4 Å². The first kappa shape index (κ1) is 79.7. The van der Waals surface area contributed by atoms with Gasteiger partial charge in [-0.25, -0.2) is 44.9 Å². The molecule has 0 bridgehead atoms. The molecule has 1 unspecified atom stereocenters. The van der Waals surface area contributed by atoms with Crippen molar-refractivity contribution in [1.29, 1.82) is 0 Å². The molecule has 5 aliphatic rings. The molecule has 3 aliphatic heterocycles. The second kappa shape index (κ2) is 32.7. The van der Waals surface area contributed by atoms with Gasteiger partial charge in [-0.2, -0.15) is 0 Å². The highest BCUT2D eigenvalue weighted by atomic mass is 16.5. The maximum Gasteiger partial charge on any atom is 0.164 e. The number of aliphatic imine (C=N–C) groups is 1. The van der Waals surface area contributed by atoms with Gasteiger partial charge in [-0.05, 0) is 137 Å². The Morgan fingerprint density at radius 2 is 0.482 bits per heavy atom. The van der Waals surface area contributed by atoms with Gasteiger partial charge in [0.15, 0.2) is 52.4 Å². The Labute approximate surface area is 791 Å². The average molecular weight is 1760 g/mol. The van der Waals surface area contributed by atoms with E-state index in [2.05, 4.69) is 352 Å². The Hall–Kier alpha value is -18.2. The number of rotatable bonds is 15. The molecule has 642 valence electrons. The van der Waals surface area contributed by atoms with Crippen LogP contribution in [0.5, 0.6) is 23.0 Å². The van der Waals surface area contributed by atoms with Crippen molar-refractivity contribution in [2.24, 2.45) is 4.99 Å². The number of hydrogen-bond donors (Lipinski definition) is 0. The molecule has 0 amide bonds. The second-order valence-corrected chi connectivity index (χ2v) is 35.1. The maximum atomic E-state index is 7.02. The number of allylic oxidation sites excluding steroid dienone is 1. The molecule has 13 heteroatoms. The normalized spacial score (nSPS) is 14.0. The van der Waals surface area contributed by atoms with Crippen molar-refractivity contribution in [3.63, 3.8) is 0 Å². The third kappa shape index (κ3) is 13.3.